The average molecular weight is 610 g/mol. The topological polar surface area (TPSA) is 141 Å². The van der Waals surface area contributed by atoms with Crippen LogP contribution in [0.2, 0.25) is 0 Å². The van der Waals surface area contributed by atoms with Gasteiger partial charge in [0, 0.05) is 12.3 Å². The van der Waals surface area contributed by atoms with Crippen LogP contribution in [0, 0.1) is 5.92 Å². The smallest absolute Gasteiger partial charge is 0.280 e. The second-order valence-electron chi connectivity index (χ2n) is 11.4. The highest BCUT2D eigenvalue weighted by Crippen LogP contribution is 2.57. The van der Waals surface area contributed by atoms with Crippen LogP contribution in [0.4, 0.5) is 5.95 Å². The highest BCUT2D eigenvalue weighted by Gasteiger charge is 2.63. The molecule has 11 heteroatoms. The molecule has 11 nitrogen and oxygen atoms in total. The Labute approximate surface area is 259 Å². The number of fused-ring (bicyclic) bond motifs is 1. The van der Waals surface area contributed by atoms with Crippen LogP contribution in [-0.4, -0.2) is 56.5 Å². The quantitative estimate of drug-likeness (QED) is 0.122. The van der Waals surface area contributed by atoms with Gasteiger partial charge in [-0.1, -0.05) is 105 Å². The summed E-state index contributed by atoms with van der Waals surface area (Å²) in [7, 11) is 1.39. The Kier molecular flexibility index (Phi) is 8.34. The molecule has 6 rings (SSSR count). The summed E-state index contributed by atoms with van der Waals surface area (Å²) in [5.74, 6) is -0.681. The van der Waals surface area contributed by atoms with Crippen LogP contribution in [0.15, 0.2) is 102 Å². The van der Waals surface area contributed by atoms with Crippen LogP contribution in [0.3, 0.4) is 0 Å². The third kappa shape index (κ3) is 5.13. The van der Waals surface area contributed by atoms with Crippen LogP contribution in [0.1, 0.15) is 37.0 Å². The summed E-state index contributed by atoms with van der Waals surface area (Å²) >= 11 is 0. The minimum absolute atomic E-state index is 0.0226. The third-order valence-corrected chi connectivity index (χ3v) is 8.38. The van der Waals surface area contributed by atoms with Gasteiger partial charge in [-0.25, -0.2) is 14.8 Å². The van der Waals surface area contributed by atoms with Gasteiger partial charge in [0.2, 0.25) is 11.9 Å². The van der Waals surface area contributed by atoms with Gasteiger partial charge in [-0.15, -0.1) is 0 Å². The first-order valence-electron chi connectivity index (χ1n) is 14.8. The summed E-state index contributed by atoms with van der Waals surface area (Å²) in [6.07, 6.45) is -0.288. The summed E-state index contributed by atoms with van der Waals surface area (Å²) < 4.78 is 8.79. The van der Waals surface area contributed by atoms with Gasteiger partial charge in [0.15, 0.2) is 16.9 Å². The van der Waals surface area contributed by atoms with E-state index in [-0.39, 0.29) is 42.0 Å². The van der Waals surface area contributed by atoms with Gasteiger partial charge in [0.05, 0.1) is 25.0 Å². The largest absolute Gasteiger partial charge is 0.390 e. The lowest BCUT2D eigenvalue weighted by Crippen LogP contribution is -2.55. The molecule has 0 radical (unpaired) electrons. The fraction of sp³-hybridized carbons (Fsp3) is 0.294. The molecular formula is C34H35N5O6. The molecular weight excluding hydrogens is 574 g/mol. The molecule has 5 aromatic rings. The monoisotopic (exact) mass is 609 g/mol. The van der Waals surface area contributed by atoms with Gasteiger partial charge < -0.3 is 9.84 Å². The van der Waals surface area contributed by atoms with Crippen molar-refractivity contribution >= 4 is 23.0 Å². The normalized spacial score (nSPS) is 20.1. The summed E-state index contributed by atoms with van der Waals surface area (Å²) in [5.41, 5.74) is -0.337. The SMILES string of the molecule is COOC[C@H]1O[C@](n2cnc3c(=O)[nH]c(NC(=O)C(C)C)nc32)(C(c2ccccc2)(c2ccccc2)c2ccccc2)C[C@@H]1O. The van der Waals surface area contributed by atoms with Crippen molar-refractivity contribution in [2.24, 2.45) is 5.92 Å². The Morgan fingerprint density at radius 1 is 1.04 bits per heavy atom. The van der Waals surface area contributed by atoms with Crippen molar-refractivity contribution in [1.29, 1.82) is 0 Å². The van der Waals surface area contributed by atoms with Crippen molar-refractivity contribution in [2.45, 2.75) is 43.6 Å². The predicted molar refractivity (Wildman–Crippen MR) is 167 cm³/mol. The lowest BCUT2D eigenvalue weighted by atomic mass is 9.61. The first-order valence-corrected chi connectivity index (χ1v) is 14.8. The number of aromatic nitrogens is 4. The van der Waals surface area contributed by atoms with Gasteiger partial charge in [-0.2, -0.15) is 4.98 Å². The average Bonchev–Trinajstić information content (AvgIpc) is 3.64. The number of nitrogens with zero attached hydrogens (tertiary/aromatic N) is 3. The Hall–Kier alpha value is -4.68. The lowest BCUT2D eigenvalue weighted by molar-refractivity contribution is -0.295. The van der Waals surface area contributed by atoms with Crippen molar-refractivity contribution in [3.63, 3.8) is 0 Å². The fourth-order valence-electron chi connectivity index (χ4n) is 6.38. The zero-order valence-corrected chi connectivity index (χ0v) is 25.2. The zero-order valence-electron chi connectivity index (χ0n) is 25.2. The highest BCUT2D eigenvalue weighted by atomic mass is 17.2. The number of benzene rings is 3. The second-order valence-corrected chi connectivity index (χ2v) is 11.4. The van der Waals surface area contributed by atoms with E-state index in [0.717, 1.165) is 16.7 Å². The van der Waals surface area contributed by atoms with E-state index in [1.165, 1.54) is 13.4 Å². The first kappa shape index (κ1) is 30.4. The third-order valence-electron chi connectivity index (χ3n) is 8.38. The molecule has 0 aliphatic carbocycles. The number of ether oxygens (including phenoxy) is 1. The number of H-pyrrole nitrogens is 1. The van der Waals surface area contributed by atoms with Crippen molar-refractivity contribution < 1.29 is 24.4 Å². The number of amides is 1. The van der Waals surface area contributed by atoms with Crippen LogP contribution >= 0.6 is 0 Å². The van der Waals surface area contributed by atoms with E-state index in [2.05, 4.69) is 15.3 Å². The number of anilines is 1. The van der Waals surface area contributed by atoms with Crippen LogP contribution < -0.4 is 10.9 Å². The fourth-order valence-corrected chi connectivity index (χ4v) is 6.38. The zero-order chi connectivity index (χ0) is 31.6. The molecule has 0 unspecified atom stereocenters. The van der Waals surface area contributed by atoms with E-state index in [0.29, 0.717) is 0 Å². The van der Waals surface area contributed by atoms with Gasteiger partial charge >= 0.3 is 0 Å². The van der Waals surface area contributed by atoms with E-state index in [9.17, 15) is 14.7 Å². The molecule has 2 aromatic heterocycles. The molecule has 3 N–H and O–H groups in total. The number of aromatic amines is 1. The number of aliphatic hydroxyl groups is 1. The summed E-state index contributed by atoms with van der Waals surface area (Å²) in [6, 6.07) is 29.6. The second kappa shape index (κ2) is 12.4. The molecule has 0 bridgehead atoms. The van der Waals surface area contributed by atoms with Crippen LogP contribution in [0.25, 0.3) is 11.2 Å². The minimum atomic E-state index is -1.48. The van der Waals surface area contributed by atoms with Crippen molar-refractivity contribution in [2.75, 3.05) is 19.0 Å². The minimum Gasteiger partial charge on any atom is -0.390 e. The molecule has 3 aromatic carbocycles. The van der Waals surface area contributed by atoms with Gasteiger partial charge in [0.25, 0.3) is 5.56 Å². The summed E-state index contributed by atoms with van der Waals surface area (Å²) in [4.78, 5) is 48.0. The maximum atomic E-state index is 13.4. The van der Waals surface area contributed by atoms with E-state index in [1.54, 1.807) is 18.4 Å². The molecule has 0 saturated carbocycles. The summed E-state index contributed by atoms with van der Waals surface area (Å²) in [6.45, 7) is 3.43. The molecule has 45 heavy (non-hydrogen) atoms. The molecule has 3 heterocycles. The lowest BCUT2D eigenvalue weighted by Gasteiger charge is -2.50. The molecule has 1 aliphatic rings. The Morgan fingerprint density at radius 2 is 1.60 bits per heavy atom. The molecule has 1 fully saturated rings. The van der Waals surface area contributed by atoms with E-state index >= 15 is 0 Å². The molecule has 3 atom stereocenters. The van der Waals surface area contributed by atoms with Crippen molar-refractivity contribution in [3.8, 4) is 0 Å². The molecule has 0 spiro atoms. The summed E-state index contributed by atoms with van der Waals surface area (Å²) in [5, 5.41) is 14.4. The Balaban J connectivity index is 1.73. The number of carbonyl (C=O) groups excluding carboxylic acids is 1. The van der Waals surface area contributed by atoms with E-state index < -0.39 is 28.9 Å². The molecule has 1 saturated heterocycles. The standard InChI is InChI=1S/C34H35N5O6/c1-22(2)30(41)37-32-36-29-28(31(42)38-32)35-21-39(29)33(19-26(40)27(45-33)20-44-43-3)34(23-13-7-4-8-14-23,24-15-9-5-10-16-24)25-17-11-6-12-18-25/h4-18,21-22,26-27,40H,19-20H2,1-3H3,(H2,36,37,38,41,42)/t26-,27+,33-/m0/s1. The van der Waals surface area contributed by atoms with Crippen molar-refractivity contribution in [3.05, 3.63) is 124 Å². The van der Waals surface area contributed by atoms with E-state index in [1.807, 2.05) is 91.0 Å². The molecule has 1 amide bonds. The number of carbonyl (C=O) groups is 1. The number of nitrogens with one attached hydrogen (secondary N) is 2. The van der Waals surface area contributed by atoms with Gasteiger partial charge in [-0.05, 0) is 16.7 Å². The number of imidazole rings is 1. The van der Waals surface area contributed by atoms with Gasteiger partial charge in [0.1, 0.15) is 12.7 Å². The maximum Gasteiger partial charge on any atom is 0.280 e. The van der Waals surface area contributed by atoms with Crippen molar-refractivity contribution in [1.82, 2.24) is 19.5 Å². The number of rotatable bonds is 10. The number of aliphatic hydroxyl groups excluding tert-OH is 1. The highest BCUT2D eigenvalue weighted by molar-refractivity contribution is 5.91. The maximum absolute atomic E-state index is 13.4. The first-order chi connectivity index (χ1) is 21.8. The molecule has 232 valence electrons. The Bertz CT molecular complexity index is 1730. The van der Waals surface area contributed by atoms with Crippen LogP contribution in [-0.2, 0) is 30.4 Å². The van der Waals surface area contributed by atoms with Gasteiger partial charge in [-0.3, -0.25) is 24.5 Å². The Morgan fingerprint density at radius 3 is 2.11 bits per heavy atom. The predicted octanol–water partition coefficient (Wildman–Crippen LogP) is 4.13. The van der Waals surface area contributed by atoms with Crippen LogP contribution in [0.5, 0.6) is 0 Å². The number of hydrogen-bond donors (Lipinski definition) is 3. The number of hydrogen-bond acceptors (Lipinski definition) is 8. The molecule has 1 aliphatic heterocycles. The van der Waals surface area contributed by atoms with E-state index in [4.69, 9.17) is 19.5 Å².